The molecule has 0 fully saturated rings. The number of amides is 1. The second-order valence-electron chi connectivity index (χ2n) is 4.11. The standard InChI is InChI=1S/C9H10O2.C7H7NO/c10-9(11)7-6-8-4-2-1-3-5-8;8-7(9)6-4-2-1-3-5-6/h1-5H,6-7H2,(H,10,11);1-5H,(H2,8,9). The summed E-state index contributed by atoms with van der Waals surface area (Å²) in [4.78, 5) is 20.6. The minimum absolute atomic E-state index is 0.212. The van der Waals surface area contributed by atoms with Crippen LogP contribution in [0.25, 0.3) is 0 Å². The van der Waals surface area contributed by atoms with Gasteiger partial charge in [0.15, 0.2) is 0 Å². The van der Waals surface area contributed by atoms with E-state index in [0.29, 0.717) is 12.0 Å². The summed E-state index contributed by atoms with van der Waals surface area (Å²) in [7, 11) is 0. The number of hydrogen-bond acceptors (Lipinski definition) is 2. The molecule has 0 unspecified atom stereocenters. The lowest BCUT2D eigenvalue weighted by Gasteiger charge is -1.95. The number of primary amides is 1. The van der Waals surface area contributed by atoms with E-state index in [4.69, 9.17) is 10.8 Å². The van der Waals surface area contributed by atoms with Crippen molar-refractivity contribution in [1.82, 2.24) is 0 Å². The summed E-state index contributed by atoms with van der Waals surface area (Å²) in [5, 5.41) is 8.37. The Morgan fingerprint density at radius 1 is 0.900 bits per heavy atom. The van der Waals surface area contributed by atoms with Crippen LogP contribution in [0.15, 0.2) is 60.7 Å². The van der Waals surface area contributed by atoms with Crippen LogP contribution >= 0.6 is 0 Å². The first-order chi connectivity index (χ1) is 9.59. The van der Waals surface area contributed by atoms with Crippen LogP contribution in [0.5, 0.6) is 0 Å². The highest BCUT2D eigenvalue weighted by molar-refractivity contribution is 5.92. The molecule has 2 aromatic rings. The van der Waals surface area contributed by atoms with Gasteiger partial charge in [-0.25, -0.2) is 0 Å². The van der Waals surface area contributed by atoms with E-state index < -0.39 is 5.97 Å². The molecule has 2 rings (SSSR count). The van der Waals surface area contributed by atoms with Crippen LogP contribution in [-0.2, 0) is 11.2 Å². The number of hydrogen-bond donors (Lipinski definition) is 2. The van der Waals surface area contributed by atoms with Crippen molar-refractivity contribution in [3.05, 3.63) is 71.8 Å². The molecule has 20 heavy (non-hydrogen) atoms. The number of aryl methyl sites for hydroxylation is 1. The van der Waals surface area contributed by atoms with Gasteiger partial charge in [0, 0.05) is 12.0 Å². The minimum Gasteiger partial charge on any atom is -0.481 e. The van der Waals surface area contributed by atoms with Crippen molar-refractivity contribution in [2.75, 3.05) is 0 Å². The smallest absolute Gasteiger partial charge is 0.303 e. The number of rotatable bonds is 4. The fourth-order valence-electron chi connectivity index (χ4n) is 1.50. The monoisotopic (exact) mass is 271 g/mol. The molecule has 0 atom stereocenters. The fourth-order valence-corrected chi connectivity index (χ4v) is 1.50. The van der Waals surface area contributed by atoms with Crippen LogP contribution in [-0.4, -0.2) is 17.0 Å². The van der Waals surface area contributed by atoms with Gasteiger partial charge in [0.05, 0.1) is 0 Å². The quantitative estimate of drug-likeness (QED) is 0.896. The molecule has 4 nitrogen and oxygen atoms in total. The van der Waals surface area contributed by atoms with Gasteiger partial charge < -0.3 is 10.8 Å². The summed E-state index contributed by atoms with van der Waals surface area (Å²) < 4.78 is 0. The summed E-state index contributed by atoms with van der Waals surface area (Å²) in [6.07, 6.45) is 0.834. The second kappa shape index (κ2) is 8.48. The molecule has 0 radical (unpaired) electrons. The molecule has 1 amide bonds. The average molecular weight is 271 g/mol. The average Bonchev–Trinajstić information content (AvgIpc) is 2.48. The van der Waals surface area contributed by atoms with Gasteiger partial charge in [0.2, 0.25) is 5.91 Å². The maximum Gasteiger partial charge on any atom is 0.303 e. The first-order valence-corrected chi connectivity index (χ1v) is 6.20. The third-order valence-corrected chi connectivity index (χ3v) is 2.53. The number of aliphatic carboxylic acids is 1. The Morgan fingerprint density at radius 3 is 1.80 bits per heavy atom. The lowest BCUT2D eigenvalue weighted by atomic mass is 10.1. The molecule has 0 saturated carbocycles. The predicted molar refractivity (Wildman–Crippen MR) is 77.4 cm³/mol. The molecule has 0 heterocycles. The van der Waals surface area contributed by atoms with Gasteiger partial charge >= 0.3 is 5.97 Å². The lowest BCUT2D eigenvalue weighted by Crippen LogP contribution is -2.09. The molecular weight excluding hydrogens is 254 g/mol. The summed E-state index contributed by atoms with van der Waals surface area (Å²) in [6, 6.07) is 18.4. The highest BCUT2D eigenvalue weighted by atomic mass is 16.4. The highest BCUT2D eigenvalue weighted by Crippen LogP contribution is 2.01. The normalized spacial score (nSPS) is 9.20. The van der Waals surface area contributed by atoms with E-state index in [2.05, 4.69) is 0 Å². The van der Waals surface area contributed by atoms with Crippen molar-refractivity contribution >= 4 is 11.9 Å². The van der Waals surface area contributed by atoms with Crippen LogP contribution in [0, 0.1) is 0 Å². The molecular formula is C16H17NO3. The van der Waals surface area contributed by atoms with E-state index in [9.17, 15) is 9.59 Å². The third kappa shape index (κ3) is 6.35. The van der Waals surface area contributed by atoms with E-state index in [1.165, 1.54) is 0 Å². The number of carboxylic acids is 1. The van der Waals surface area contributed by atoms with E-state index >= 15 is 0 Å². The first-order valence-electron chi connectivity index (χ1n) is 6.20. The molecule has 0 aliphatic heterocycles. The van der Waals surface area contributed by atoms with Crippen LogP contribution in [0.3, 0.4) is 0 Å². The Labute approximate surface area is 117 Å². The predicted octanol–water partition coefficient (Wildman–Crippen LogP) is 2.49. The van der Waals surface area contributed by atoms with E-state index in [0.717, 1.165) is 5.56 Å². The topological polar surface area (TPSA) is 80.4 Å². The van der Waals surface area contributed by atoms with E-state index in [1.54, 1.807) is 24.3 Å². The maximum atomic E-state index is 10.4. The Bertz CT molecular complexity index is 538. The minimum atomic E-state index is -0.742. The maximum absolute atomic E-state index is 10.4. The van der Waals surface area contributed by atoms with Crippen LogP contribution in [0.2, 0.25) is 0 Å². The van der Waals surface area contributed by atoms with Gasteiger partial charge in [-0.05, 0) is 24.1 Å². The van der Waals surface area contributed by atoms with Gasteiger partial charge in [-0.15, -0.1) is 0 Å². The number of carbonyl (C=O) groups excluding carboxylic acids is 1. The third-order valence-electron chi connectivity index (χ3n) is 2.53. The summed E-state index contributed by atoms with van der Waals surface area (Å²) in [5.74, 6) is -1.12. The molecule has 0 aromatic heterocycles. The zero-order chi connectivity index (χ0) is 14.8. The Kier molecular flexibility index (Phi) is 6.54. The Hall–Kier alpha value is -2.62. The molecule has 0 aliphatic carbocycles. The molecule has 3 N–H and O–H groups in total. The molecule has 0 aliphatic rings. The number of nitrogens with two attached hydrogens (primary N) is 1. The Morgan fingerprint density at radius 2 is 1.40 bits per heavy atom. The molecule has 4 heteroatoms. The first kappa shape index (κ1) is 15.4. The summed E-state index contributed by atoms with van der Waals surface area (Å²) >= 11 is 0. The van der Waals surface area contributed by atoms with Crippen LogP contribution in [0.1, 0.15) is 22.3 Å². The Balaban J connectivity index is 0.000000204. The zero-order valence-electron chi connectivity index (χ0n) is 11.0. The second-order valence-corrected chi connectivity index (χ2v) is 4.11. The van der Waals surface area contributed by atoms with Crippen molar-refractivity contribution in [3.8, 4) is 0 Å². The van der Waals surface area contributed by atoms with Gasteiger partial charge in [0.1, 0.15) is 0 Å². The number of benzene rings is 2. The molecule has 0 spiro atoms. The zero-order valence-corrected chi connectivity index (χ0v) is 11.0. The fraction of sp³-hybridized carbons (Fsp3) is 0.125. The molecule has 0 saturated heterocycles. The lowest BCUT2D eigenvalue weighted by molar-refractivity contribution is -0.136. The van der Waals surface area contributed by atoms with Gasteiger partial charge in [-0.3, -0.25) is 9.59 Å². The van der Waals surface area contributed by atoms with Crippen molar-refractivity contribution < 1.29 is 14.7 Å². The van der Waals surface area contributed by atoms with Gasteiger partial charge in [0.25, 0.3) is 0 Å². The number of carbonyl (C=O) groups is 2. The van der Waals surface area contributed by atoms with Crippen molar-refractivity contribution in [2.24, 2.45) is 5.73 Å². The number of carboxylic acid groups (broad SMARTS) is 1. The van der Waals surface area contributed by atoms with E-state index in [1.807, 2.05) is 36.4 Å². The van der Waals surface area contributed by atoms with Crippen LogP contribution < -0.4 is 5.73 Å². The van der Waals surface area contributed by atoms with Gasteiger partial charge in [-0.2, -0.15) is 0 Å². The van der Waals surface area contributed by atoms with Crippen molar-refractivity contribution in [2.45, 2.75) is 12.8 Å². The summed E-state index contributed by atoms with van der Waals surface area (Å²) in [5.41, 5.74) is 6.61. The highest BCUT2D eigenvalue weighted by Gasteiger charge is 1.96. The SMILES string of the molecule is NC(=O)c1ccccc1.O=C(O)CCc1ccccc1. The van der Waals surface area contributed by atoms with Gasteiger partial charge in [-0.1, -0.05) is 48.5 Å². The summed E-state index contributed by atoms with van der Waals surface area (Å²) in [6.45, 7) is 0. The van der Waals surface area contributed by atoms with Crippen molar-refractivity contribution in [1.29, 1.82) is 0 Å². The molecule has 104 valence electrons. The molecule has 2 aromatic carbocycles. The molecule has 0 bridgehead atoms. The van der Waals surface area contributed by atoms with Crippen molar-refractivity contribution in [3.63, 3.8) is 0 Å². The van der Waals surface area contributed by atoms with Crippen LogP contribution in [0.4, 0.5) is 0 Å². The largest absolute Gasteiger partial charge is 0.481 e. The van der Waals surface area contributed by atoms with E-state index in [-0.39, 0.29) is 12.3 Å².